The summed E-state index contributed by atoms with van der Waals surface area (Å²) in [5.74, 6) is 2.68. The van der Waals surface area contributed by atoms with Gasteiger partial charge in [-0.3, -0.25) is 0 Å². The van der Waals surface area contributed by atoms with E-state index in [0.717, 1.165) is 28.6 Å². The Hall–Kier alpha value is -3.34. The molecule has 1 aromatic carbocycles. The van der Waals surface area contributed by atoms with Gasteiger partial charge in [0.05, 0.1) is 25.1 Å². The minimum atomic E-state index is 0.0516. The Bertz CT molecular complexity index is 976. The third-order valence-electron chi connectivity index (χ3n) is 5.03. The zero-order valence-corrected chi connectivity index (χ0v) is 16.2. The van der Waals surface area contributed by atoms with E-state index in [4.69, 9.17) is 14.3 Å². The van der Waals surface area contributed by atoms with Gasteiger partial charge in [-0.25, -0.2) is 9.99 Å². The van der Waals surface area contributed by atoms with Gasteiger partial charge in [-0.2, -0.15) is 5.10 Å². The molecular weight excluding hydrogens is 350 g/mol. The van der Waals surface area contributed by atoms with Gasteiger partial charge in [0.2, 0.25) is 0 Å². The largest absolute Gasteiger partial charge is 0.497 e. The van der Waals surface area contributed by atoms with E-state index < -0.39 is 0 Å². The van der Waals surface area contributed by atoms with Gasteiger partial charge in [-0.05, 0) is 60.5 Å². The molecule has 0 saturated carbocycles. The zero-order valence-electron chi connectivity index (χ0n) is 16.2. The highest BCUT2D eigenvalue weighted by molar-refractivity contribution is 6.06. The number of hydrogen-bond acceptors (Lipinski definition) is 5. The second-order valence-corrected chi connectivity index (χ2v) is 6.87. The SMILES string of the molecule is COc1ccc(C2C(C)C(C(C)=Cc3ccco3)=NN2c2ccccn2)cc1. The van der Waals surface area contributed by atoms with E-state index in [1.807, 2.05) is 53.5 Å². The molecule has 5 heteroatoms. The summed E-state index contributed by atoms with van der Waals surface area (Å²) in [5.41, 5.74) is 3.28. The first kappa shape index (κ1) is 18.0. The highest BCUT2D eigenvalue weighted by Gasteiger charge is 2.37. The average Bonchev–Trinajstić information content (AvgIpc) is 3.36. The second-order valence-electron chi connectivity index (χ2n) is 6.87. The van der Waals surface area contributed by atoms with Crippen LogP contribution in [0.25, 0.3) is 6.08 Å². The number of ether oxygens (including phenoxy) is 1. The van der Waals surface area contributed by atoms with Crippen molar-refractivity contribution in [3.63, 3.8) is 0 Å². The molecule has 3 heterocycles. The minimum Gasteiger partial charge on any atom is -0.497 e. The molecule has 2 atom stereocenters. The number of benzene rings is 1. The third-order valence-corrected chi connectivity index (χ3v) is 5.03. The lowest BCUT2D eigenvalue weighted by Gasteiger charge is -2.26. The van der Waals surface area contributed by atoms with Crippen LogP contribution in [0.1, 0.15) is 31.2 Å². The monoisotopic (exact) mass is 373 g/mol. The van der Waals surface area contributed by atoms with Crippen molar-refractivity contribution in [2.45, 2.75) is 19.9 Å². The number of anilines is 1. The van der Waals surface area contributed by atoms with E-state index in [0.29, 0.717) is 0 Å². The Morgan fingerprint density at radius 2 is 1.93 bits per heavy atom. The van der Waals surface area contributed by atoms with Crippen molar-refractivity contribution < 1.29 is 9.15 Å². The van der Waals surface area contributed by atoms with Gasteiger partial charge < -0.3 is 9.15 Å². The summed E-state index contributed by atoms with van der Waals surface area (Å²) >= 11 is 0. The number of furan rings is 1. The van der Waals surface area contributed by atoms with Crippen LogP contribution >= 0.6 is 0 Å². The fraction of sp³-hybridized carbons (Fsp3) is 0.217. The summed E-state index contributed by atoms with van der Waals surface area (Å²) in [4.78, 5) is 4.53. The standard InChI is InChI=1S/C23H23N3O2/c1-16(15-20-7-6-14-28-20)22-17(2)23(18-9-11-19(27-3)12-10-18)26(25-22)21-8-4-5-13-24-21/h4-15,17,23H,1-3H3. The molecule has 0 radical (unpaired) electrons. The molecule has 0 N–H and O–H groups in total. The van der Waals surface area contributed by atoms with Crippen LogP contribution in [0.15, 0.2) is 82.1 Å². The van der Waals surface area contributed by atoms with Crippen molar-refractivity contribution in [3.05, 3.63) is 84.0 Å². The van der Waals surface area contributed by atoms with Crippen molar-refractivity contribution >= 4 is 17.6 Å². The summed E-state index contributed by atoms with van der Waals surface area (Å²) in [6, 6.07) is 17.9. The first-order chi connectivity index (χ1) is 13.7. The molecule has 2 unspecified atom stereocenters. The number of nitrogens with zero attached hydrogens (tertiary/aromatic N) is 3. The van der Waals surface area contributed by atoms with Crippen LogP contribution in [0.5, 0.6) is 5.75 Å². The third kappa shape index (κ3) is 3.43. The molecule has 1 aliphatic rings. The molecule has 28 heavy (non-hydrogen) atoms. The average molecular weight is 373 g/mol. The van der Waals surface area contributed by atoms with E-state index >= 15 is 0 Å². The molecule has 2 aromatic heterocycles. The number of hydrazone groups is 1. The van der Waals surface area contributed by atoms with Crippen LogP contribution in [0.4, 0.5) is 5.82 Å². The first-order valence-corrected chi connectivity index (χ1v) is 9.32. The van der Waals surface area contributed by atoms with Crippen molar-refractivity contribution in [3.8, 4) is 5.75 Å². The quantitative estimate of drug-likeness (QED) is 0.606. The van der Waals surface area contributed by atoms with Gasteiger partial charge in [0.25, 0.3) is 0 Å². The highest BCUT2D eigenvalue weighted by Crippen LogP contribution is 2.40. The normalized spacial score (nSPS) is 19.6. The summed E-state index contributed by atoms with van der Waals surface area (Å²) in [7, 11) is 1.68. The van der Waals surface area contributed by atoms with Gasteiger partial charge in [-0.1, -0.05) is 25.1 Å². The Kier molecular flexibility index (Phi) is 4.98. The number of pyridine rings is 1. The maximum absolute atomic E-state index is 5.48. The molecule has 0 spiro atoms. The predicted molar refractivity (Wildman–Crippen MR) is 111 cm³/mol. The number of aromatic nitrogens is 1. The van der Waals surface area contributed by atoms with Crippen LogP contribution < -0.4 is 9.75 Å². The van der Waals surface area contributed by atoms with Gasteiger partial charge in [0.15, 0.2) is 0 Å². The summed E-state index contributed by atoms with van der Waals surface area (Å²) in [6.45, 7) is 4.28. The van der Waals surface area contributed by atoms with Gasteiger partial charge in [-0.15, -0.1) is 0 Å². The molecular formula is C23H23N3O2. The molecule has 0 bridgehead atoms. The predicted octanol–water partition coefficient (Wildman–Crippen LogP) is 5.34. The molecule has 0 saturated heterocycles. The van der Waals surface area contributed by atoms with E-state index in [9.17, 15) is 0 Å². The van der Waals surface area contributed by atoms with Crippen molar-refractivity contribution in [1.82, 2.24) is 4.98 Å². The Balaban J connectivity index is 1.74. The maximum atomic E-state index is 5.48. The Morgan fingerprint density at radius 1 is 1.11 bits per heavy atom. The topological polar surface area (TPSA) is 50.9 Å². The van der Waals surface area contributed by atoms with Crippen molar-refractivity contribution in [1.29, 1.82) is 0 Å². The van der Waals surface area contributed by atoms with E-state index in [1.54, 1.807) is 19.6 Å². The molecule has 4 rings (SSSR count). The lowest BCUT2D eigenvalue weighted by Crippen LogP contribution is -2.24. The maximum Gasteiger partial charge on any atom is 0.149 e. The summed E-state index contributed by atoms with van der Waals surface area (Å²) < 4.78 is 10.8. The van der Waals surface area contributed by atoms with Crippen molar-refractivity contribution in [2.24, 2.45) is 11.0 Å². The smallest absolute Gasteiger partial charge is 0.149 e. The number of hydrogen-bond donors (Lipinski definition) is 0. The van der Waals surface area contributed by atoms with Crippen LogP contribution in [-0.4, -0.2) is 17.8 Å². The van der Waals surface area contributed by atoms with Crippen molar-refractivity contribution in [2.75, 3.05) is 12.1 Å². The van der Waals surface area contributed by atoms with Gasteiger partial charge >= 0.3 is 0 Å². The number of methoxy groups -OCH3 is 1. The van der Waals surface area contributed by atoms with Crippen LogP contribution in [0, 0.1) is 5.92 Å². The summed E-state index contributed by atoms with van der Waals surface area (Å²) in [5, 5.41) is 6.98. The first-order valence-electron chi connectivity index (χ1n) is 9.32. The highest BCUT2D eigenvalue weighted by atomic mass is 16.5. The van der Waals surface area contributed by atoms with E-state index in [-0.39, 0.29) is 12.0 Å². The van der Waals surface area contributed by atoms with Crippen LogP contribution in [-0.2, 0) is 0 Å². The van der Waals surface area contributed by atoms with Crippen LogP contribution in [0.2, 0.25) is 0 Å². The zero-order chi connectivity index (χ0) is 19.5. The molecule has 5 nitrogen and oxygen atoms in total. The molecule has 0 aliphatic carbocycles. The fourth-order valence-corrected chi connectivity index (χ4v) is 3.64. The molecule has 0 amide bonds. The number of rotatable bonds is 5. The second kappa shape index (κ2) is 7.72. The fourth-order valence-electron chi connectivity index (χ4n) is 3.64. The molecule has 142 valence electrons. The lowest BCUT2D eigenvalue weighted by atomic mass is 9.88. The Morgan fingerprint density at radius 3 is 2.57 bits per heavy atom. The minimum absolute atomic E-state index is 0.0516. The van der Waals surface area contributed by atoms with E-state index in [1.165, 1.54) is 5.56 Å². The lowest BCUT2D eigenvalue weighted by molar-refractivity contribution is 0.414. The molecule has 3 aromatic rings. The van der Waals surface area contributed by atoms with Crippen LogP contribution in [0.3, 0.4) is 0 Å². The van der Waals surface area contributed by atoms with Gasteiger partial charge in [0.1, 0.15) is 17.3 Å². The Labute approximate surface area is 165 Å². The molecule has 1 aliphatic heterocycles. The number of allylic oxidation sites excluding steroid dienone is 1. The molecule has 0 fully saturated rings. The summed E-state index contributed by atoms with van der Waals surface area (Å²) in [6.07, 6.45) is 5.51. The van der Waals surface area contributed by atoms with Gasteiger partial charge in [0, 0.05) is 12.1 Å². The van der Waals surface area contributed by atoms with E-state index in [2.05, 4.69) is 31.0 Å².